The van der Waals surface area contributed by atoms with Crippen molar-refractivity contribution in [2.24, 2.45) is 4.99 Å². The second-order valence-electron chi connectivity index (χ2n) is 6.03. The van der Waals surface area contributed by atoms with Crippen LogP contribution in [0.25, 0.3) is 0 Å². The molecule has 2 heterocycles. The van der Waals surface area contributed by atoms with Crippen molar-refractivity contribution in [3.63, 3.8) is 0 Å². The normalized spacial score (nSPS) is 14.6. The SMILES string of the molecule is CN=C(NCCSc1ccc(Cl)cc1)N1CCN(C(=O)c2ccco2)CC1.I. The molecule has 1 aromatic carbocycles. The molecular formula is C19H24ClIN4O2S. The molecule has 6 nitrogen and oxygen atoms in total. The van der Waals surface area contributed by atoms with E-state index in [-0.39, 0.29) is 29.9 Å². The highest BCUT2D eigenvalue weighted by atomic mass is 127. The van der Waals surface area contributed by atoms with E-state index in [0.717, 1.165) is 36.4 Å². The summed E-state index contributed by atoms with van der Waals surface area (Å²) < 4.78 is 5.20. The Labute approximate surface area is 191 Å². The number of hydrogen-bond donors (Lipinski definition) is 1. The first-order valence-electron chi connectivity index (χ1n) is 8.84. The minimum Gasteiger partial charge on any atom is -0.459 e. The highest BCUT2D eigenvalue weighted by Gasteiger charge is 2.24. The summed E-state index contributed by atoms with van der Waals surface area (Å²) in [5.41, 5.74) is 0. The zero-order valence-electron chi connectivity index (χ0n) is 15.6. The van der Waals surface area contributed by atoms with E-state index < -0.39 is 0 Å². The van der Waals surface area contributed by atoms with E-state index in [0.29, 0.717) is 18.8 Å². The molecule has 0 spiro atoms. The summed E-state index contributed by atoms with van der Waals surface area (Å²) in [6, 6.07) is 11.3. The minimum absolute atomic E-state index is 0. The molecule has 0 unspecified atom stereocenters. The van der Waals surface area contributed by atoms with Gasteiger partial charge < -0.3 is 19.5 Å². The number of nitrogens with one attached hydrogen (secondary N) is 1. The number of halogens is 2. The molecule has 1 aliphatic heterocycles. The van der Waals surface area contributed by atoms with E-state index in [9.17, 15) is 4.79 Å². The molecule has 152 valence electrons. The van der Waals surface area contributed by atoms with E-state index in [4.69, 9.17) is 16.0 Å². The van der Waals surface area contributed by atoms with Crippen LogP contribution >= 0.6 is 47.3 Å². The van der Waals surface area contributed by atoms with Crippen LogP contribution in [0, 0.1) is 0 Å². The van der Waals surface area contributed by atoms with Crippen LogP contribution in [0.15, 0.2) is 57.0 Å². The van der Waals surface area contributed by atoms with Crippen LogP contribution in [0.4, 0.5) is 0 Å². The first-order chi connectivity index (χ1) is 13.2. The Bertz CT molecular complexity index is 763. The van der Waals surface area contributed by atoms with E-state index >= 15 is 0 Å². The number of furan rings is 1. The molecule has 0 bridgehead atoms. The minimum atomic E-state index is -0.0537. The highest BCUT2D eigenvalue weighted by molar-refractivity contribution is 14.0. The first kappa shape index (κ1) is 22.9. The van der Waals surface area contributed by atoms with E-state index in [1.165, 1.54) is 11.2 Å². The third-order valence-corrected chi connectivity index (χ3v) is 5.54. The maximum atomic E-state index is 12.3. The molecule has 28 heavy (non-hydrogen) atoms. The molecule has 1 amide bonds. The van der Waals surface area contributed by atoms with Gasteiger partial charge in [-0.15, -0.1) is 35.7 Å². The molecule has 1 fully saturated rings. The van der Waals surface area contributed by atoms with Crippen LogP contribution in [0.2, 0.25) is 5.02 Å². The number of rotatable bonds is 5. The van der Waals surface area contributed by atoms with Crippen LogP contribution in [-0.2, 0) is 0 Å². The van der Waals surface area contributed by atoms with Crippen molar-refractivity contribution in [2.45, 2.75) is 4.90 Å². The number of carbonyl (C=O) groups excluding carboxylic acids is 1. The molecule has 1 aromatic heterocycles. The fraction of sp³-hybridized carbons (Fsp3) is 0.368. The predicted octanol–water partition coefficient (Wildman–Crippen LogP) is 3.68. The van der Waals surface area contributed by atoms with Crippen LogP contribution in [0.1, 0.15) is 10.6 Å². The zero-order valence-corrected chi connectivity index (χ0v) is 19.5. The lowest BCUT2D eigenvalue weighted by atomic mass is 10.3. The maximum absolute atomic E-state index is 12.3. The second-order valence-corrected chi connectivity index (χ2v) is 7.64. The fourth-order valence-electron chi connectivity index (χ4n) is 2.87. The number of thioether (sulfide) groups is 1. The number of carbonyl (C=O) groups is 1. The van der Waals surface area contributed by atoms with Crippen molar-refractivity contribution < 1.29 is 9.21 Å². The van der Waals surface area contributed by atoms with Gasteiger partial charge >= 0.3 is 0 Å². The zero-order chi connectivity index (χ0) is 19.1. The monoisotopic (exact) mass is 534 g/mol. The molecule has 2 aromatic rings. The lowest BCUT2D eigenvalue weighted by Crippen LogP contribution is -2.54. The molecule has 0 atom stereocenters. The first-order valence-corrected chi connectivity index (χ1v) is 10.2. The van der Waals surface area contributed by atoms with Crippen molar-refractivity contribution in [1.29, 1.82) is 0 Å². The Hall–Kier alpha value is -1.39. The van der Waals surface area contributed by atoms with Crippen LogP contribution in [0.5, 0.6) is 0 Å². The van der Waals surface area contributed by atoms with Gasteiger partial charge in [-0.3, -0.25) is 9.79 Å². The van der Waals surface area contributed by atoms with Crippen molar-refractivity contribution in [3.8, 4) is 0 Å². The second kappa shape index (κ2) is 11.6. The Morgan fingerprint density at radius 3 is 2.46 bits per heavy atom. The fourth-order valence-corrected chi connectivity index (χ4v) is 3.77. The van der Waals surface area contributed by atoms with E-state index in [1.807, 2.05) is 29.2 Å². The molecule has 0 saturated carbocycles. The van der Waals surface area contributed by atoms with Crippen molar-refractivity contribution in [3.05, 3.63) is 53.4 Å². The lowest BCUT2D eigenvalue weighted by molar-refractivity contribution is 0.0658. The van der Waals surface area contributed by atoms with Crippen molar-refractivity contribution in [2.75, 3.05) is 45.5 Å². The smallest absolute Gasteiger partial charge is 0.289 e. The van der Waals surface area contributed by atoms with Crippen LogP contribution in [-0.4, -0.2) is 67.2 Å². The third-order valence-electron chi connectivity index (χ3n) is 4.28. The standard InChI is InChI=1S/C19H23ClN4O2S.HI/c1-21-19(22-8-14-27-16-6-4-15(20)5-7-16)24-11-9-23(10-12-24)18(25)17-3-2-13-26-17;/h2-7,13H,8-12,14H2,1H3,(H,21,22);1H. The molecule has 1 saturated heterocycles. The van der Waals surface area contributed by atoms with Crippen molar-refractivity contribution in [1.82, 2.24) is 15.1 Å². The lowest BCUT2D eigenvalue weighted by Gasteiger charge is -2.36. The number of guanidine groups is 1. The molecule has 0 aliphatic carbocycles. The van der Waals surface area contributed by atoms with Gasteiger partial charge in [0.15, 0.2) is 11.7 Å². The number of nitrogens with zero attached hydrogens (tertiary/aromatic N) is 3. The van der Waals surface area contributed by atoms with Gasteiger partial charge in [-0.2, -0.15) is 0 Å². The predicted molar refractivity (Wildman–Crippen MR) is 125 cm³/mol. The highest BCUT2D eigenvalue weighted by Crippen LogP contribution is 2.19. The molecule has 0 radical (unpaired) electrons. The Kier molecular flexibility index (Phi) is 9.46. The number of amides is 1. The Morgan fingerprint density at radius 1 is 1.18 bits per heavy atom. The van der Waals surface area contributed by atoms with Crippen LogP contribution < -0.4 is 5.32 Å². The molecule has 1 N–H and O–H groups in total. The summed E-state index contributed by atoms with van der Waals surface area (Å²) in [6.45, 7) is 3.61. The largest absolute Gasteiger partial charge is 0.459 e. The number of benzene rings is 1. The van der Waals surface area contributed by atoms with Crippen molar-refractivity contribution >= 4 is 59.2 Å². The number of aliphatic imine (C=N–C) groups is 1. The average Bonchev–Trinajstić information content (AvgIpc) is 3.24. The number of hydrogen-bond acceptors (Lipinski definition) is 4. The van der Waals surface area contributed by atoms with Gasteiger partial charge in [0.2, 0.25) is 0 Å². The topological polar surface area (TPSA) is 61.1 Å². The van der Waals surface area contributed by atoms with Gasteiger partial charge in [0.05, 0.1) is 6.26 Å². The molecule has 3 rings (SSSR count). The Morgan fingerprint density at radius 2 is 1.86 bits per heavy atom. The Balaban J connectivity index is 0.00000280. The van der Waals surface area contributed by atoms with Gasteiger partial charge in [0.1, 0.15) is 0 Å². The molecule has 1 aliphatic rings. The van der Waals surface area contributed by atoms with E-state index in [1.54, 1.807) is 30.9 Å². The summed E-state index contributed by atoms with van der Waals surface area (Å²) in [5.74, 6) is 2.14. The maximum Gasteiger partial charge on any atom is 0.289 e. The summed E-state index contributed by atoms with van der Waals surface area (Å²) in [7, 11) is 1.79. The average molecular weight is 535 g/mol. The van der Waals surface area contributed by atoms with Gasteiger partial charge in [-0.1, -0.05) is 11.6 Å². The van der Waals surface area contributed by atoms with Gasteiger partial charge in [0.25, 0.3) is 5.91 Å². The summed E-state index contributed by atoms with van der Waals surface area (Å²) in [4.78, 5) is 21.9. The third kappa shape index (κ3) is 6.31. The number of piperazine rings is 1. The summed E-state index contributed by atoms with van der Waals surface area (Å²) in [5, 5.41) is 4.15. The van der Waals surface area contributed by atoms with Gasteiger partial charge in [0, 0.05) is 55.4 Å². The van der Waals surface area contributed by atoms with E-state index in [2.05, 4.69) is 15.2 Å². The van der Waals surface area contributed by atoms with Crippen LogP contribution in [0.3, 0.4) is 0 Å². The molecular weight excluding hydrogens is 511 g/mol. The van der Waals surface area contributed by atoms with Gasteiger partial charge in [-0.25, -0.2) is 0 Å². The quantitative estimate of drug-likeness (QED) is 0.209. The van der Waals surface area contributed by atoms with Gasteiger partial charge in [-0.05, 0) is 36.4 Å². The molecule has 9 heteroatoms. The summed E-state index contributed by atoms with van der Waals surface area (Å²) >= 11 is 7.68. The summed E-state index contributed by atoms with van der Waals surface area (Å²) in [6.07, 6.45) is 1.53.